The van der Waals surface area contributed by atoms with Crippen molar-refractivity contribution in [1.82, 2.24) is 10.3 Å². The molecule has 21 heavy (non-hydrogen) atoms. The number of benzene rings is 1. The lowest BCUT2D eigenvalue weighted by Gasteiger charge is -2.05. The van der Waals surface area contributed by atoms with E-state index in [9.17, 15) is 4.79 Å². The average Bonchev–Trinajstić information content (AvgIpc) is 2.83. The highest BCUT2D eigenvalue weighted by Crippen LogP contribution is 2.27. The van der Waals surface area contributed by atoms with E-state index in [-0.39, 0.29) is 5.91 Å². The van der Waals surface area contributed by atoms with Gasteiger partial charge in [0, 0.05) is 22.5 Å². The van der Waals surface area contributed by atoms with Crippen LogP contribution in [-0.2, 0) is 0 Å². The minimum Gasteiger partial charge on any atom is -0.352 e. The second kappa shape index (κ2) is 7.61. The number of amides is 1. The number of rotatable bonds is 6. The number of carbonyl (C=O) groups is 1. The molecule has 1 amide bonds. The molecule has 112 valence electrons. The molecule has 0 fully saturated rings. The molecule has 0 radical (unpaired) electrons. The van der Waals surface area contributed by atoms with E-state index in [1.165, 1.54) is 4.88 Å². The predicted octanol–water partition coefficient (Wildman–Crippen LogP) is 3.91. The lowest BCUT2D eigenvalue weighted by molar-refractivity contribution is 0.0954. The zero-order chi connectivity index (χ0) is 15.2. The van der Waals surface area contributed by atoms with Crippen LogP contribution in [0.15, 0.2) is 24.3 Å². The molecule has 0 saturated heterocycles. The van der Waals surface area contributed by atoms with Crippen molar-refractivity contribution in [3.63, 3.8) is 0 Å². The third-order valence-electron chi connectivity index (χ3n) is 3.21. The van der Waals surface area contributed by atoms with E-state index in [0.717, 1.165) is 35.0 Å². The first kappa shape index (κ1) is 16.0. The Bertz CT molecular complexity index is 603. The first-order chi connectivity index (χ1) is 10.1. The summed E-state index contributed by atoms with van der Waals surface area (Å²) >= 11 is 3.46. The van der Waals surface area contributed by atoms with Gasteiger partial charge in [-0.1, -0.05) is 12.1 Å². The Balaban J connectivity index is 2.08. The number of thioether (sulfide) groups is 1. The number of hydrogen-bond donors (Lipinski definition) is 1. The van der Waals surface area contributed by atoms with Gasteiger partial charge in [-0.15, -0.1) is 11.3 Å². The van der Waals surface area contributed by atoms with E-state index >= 15 is 0 Å². The second-order valence-electron chi connectivity index (χ2n) is 4.84. The standard InChI is InChI=1S/C16H20N2OS2/c1-11-12(2)21-16(18-11)14-7-4-6-13(10-14)15(19)17-8-5-9-20-3/h4,6-7,10H,5,8-9H2,1-3H3,(H,17,19). The third-order valence-corrected chi connectivity index (χ3v) is 5.03. The fourth-order valence-electron chi connectivity index (χ4n) is 1.91. The number of nitrogens with one attached hydrogen (secondary N) is 1. The van der Waals surface area contributed by atoms with Gasteiger partial charge in [0.1, 0.15) is 5.01 Å². The Morgan fingerprint density at radius 1 is 1.38 bits per heavy atom. The molecule has 0 aliphatic rings. The van der Waals surface area contributed by atoms with E-state index in [2.05, 4.69) is 23.5 Å². The van der Waals surface area contributed by atoms with Crippen molar-refractivity contribution in [2.24, 2.45) is 0 Å². The van der Waals surface area contributed by atoms with Gasteiger partial charge >= 0.3 is 0 Å². The zero-order valence-corrected chi connectivity index (χ0v) is 14.2. The molecule has 1 heterocycles. The minimum atomic E-state index is -0.0112. The van der Waals surface area contributed by atoms with Crippen LogP contribution in [0.3, 0.4) is 0 Å². The van der Waals surface area contributed by atoms with E-state index in [1.807, 2.05) is 31.2 Å². The van der Waals surface area contributed by atoms with Crippen LogP contribution >= 0.6 is 23.1 Å². The number of aryl methyl sites for hydroxylation is 2. The molecule has 1 N–H and O–H groups in total. The number of nitrogens with zero attached hydrogens (tertiary/aromatic N) is 1. The maximum absolute atomic E-state index is 12.1. The monoisotopic (exact) mass is 320 g/mol. The number of aromatic nitrogens is 1. The van der Waals surface area contributed by atoms with Crippen LogP contribution in [0.1, 0.15) is 27.3 Å². The third kappa shape index (κ3) is 4.32. The summed E-state index contributed by atoms with van der Waals surface area (Å²) < 4.78 is 0. The summed E-state index contributed by atoms with van der Waals surface area (Å²) in [6.07, 6.45) is 3.07. The van der Waals surface area contributed by atoms with Crippen LogP contribution in [0.4, 0.5) is 0 Å². The van der Waals surface area contributed by atoms with E-state index in [4.69, 9.17) is 0 Å². The molecule has 0 aliphatic heterocycles. The van der Waals surface area contributed by atoms with Gasteiger partial charge in [0.15, 0.2) is 0 Å². The Hall–Kier alpha value is -1.33. The summed E-state index contributed by atoms with van der Waals surface area (Å²) in [5.74, 6) is 1.06. The molecular weight excluding hydrogens is 300 g/mol. The van der Waals surface area contributed by atoms with Gasteiger partial charge in [-0.3, -0.25) is 4.79 Å². The fourth-order valence-corrected chi connectivity index (χ4v) is 3.25. The predicted molar refractivity (Wildman–Crippen MR) is 92.4 cm³/mol. The summed E-state index contributed by atoms with van der Waals surface area (Å²) in [6, 6.07) is 7.68. The van der Waals surface area contributed by atoms with E-state index in [0.29, 0.717) is 5.56 Å². The van der Waals surface area contributed by atoms with Crippen molar-refractivity contribution in [1.29, 1.82) is 0 Å². The van der Waals surface area contributed by atoms with Crippen LogP contribution in [0.25, 0.3) is 10.6 Å². The maximum atomic E-state index is 12.1. The van der Waals surface area contributed by atoms with Crippen molar-refractivity contribution in [3.8, 4) is 10.6 Å². The second-order valence-corrected chi connectivity index (χ2v) is 7.03. The van der Waals surface area contributed by atoms with Crippen molar-refractivity contribution in [3.05, 3.63) is 40.4 Å². The molecular formula is C16H20N2OS2. The summed E-state index contributed by atoms with van der Waals surface area (Å²) in [5.41, 5.74) is 2.76. The lowest BCUT2D eigenvalue weighted by atomic mass is 10.1. The summed E-state index contributed by atoms with van der Waals surface area (Å²) in [4.78, 5) is 17.9. The lowest BCUT2D eigenvalue weighted by Crippen LogP contribution is -2.24. The smallest absolute Gasteiger partial charge is 0.251 e. The van der Waals surface area contributed by atoms with Gasteiger partial charge < -0.3 is 5.32 Å². The Kier molecular flexibility index (Phi) is 5.82. The van der Waals surface area contributed by atoms with Gasteiger partial charge in [0.05, 0.1) is 5.69 Å². The van der Waals surface area contributed by atoms with E-state index in [1.54, 1.807) is 23.1 Å². The number of hydrogen-bond acceptors (Lipinski definition) is 4. The zero-order valence-electron chi connectivity index (χ0n) is 12.6. The number of carbonyl (C=O) groups excluding carboxylic acids is 1. The number of thiazole rings is 1. The quantitative estimate of drug-likeness (QED) is 0.821. The van der Waals surface area contributed by atoms with Gasteiger partial charge in [0.25, 0.3) is 5.91 Å². The van der Waals surface area contributed by atoms with Crippen LogP contribution in [0.2, 0.25) is 0 Å². The van der Waals surface area contributed by atoms with Crippen LogP contribution < -0.4 is 5.32 Å². The summed E-state index contributed by atoms with van der Waals surface area (Å²) in [5, 5.41) is 3.93. The summed E-state index contributed by atoms with van der Waals surface area (Å²) in [7, 11) is 0. The molecule has 5 heteroatoms. The largest absolute Gasteiger partial charge is 0.352 e. The van der Waals surface area contributed by atoms with Gasteiger partial charge in [0.2, 0.25) is 0 Å². The Morgan fingerprint density at radius 3 is 2.86 bits per heavy atom. The molecule has 1 aromatic heterocycles. The molecule has 0 aliphatic carbocycles. The normalized spacial score (nSPS) is 10.6. The van der Waals surface area contributed by atoms with Gasteiger partial charge in [-0.25, -0.2) is 4.98 Å². The average molecular weight is 320 g/mol. The van der Waals surface area contributed by atoms with Crippen molar-refractivity contribution in [2.75, 3.05) is 18.6 Å². The molecule has 0 bridgehead atoms. The molecule has 0 saturated carbocycles. The van der Waals surface area contributed by atoms with Crippen molar-refractivity contribution < 1.29 is 4.79 Å². The Labute approximate surface area is 134 Å². The highest BCUT2D eigenvalue weighted by atomic mass is 32.2. The van der Waals surface area contributed by atoms with E-state index < -0.39 is 0 Å². The highest BCUT2D eigenvalue weighted by molar-refractivity contribution is 7.98. The molecule has 2 rings (SSSR count). The Morgan fingerprint density at radius 2 is 2.19 bits per heavy atom. The molecule has 2 aromatic rings. The SMILES string of the molecule is CSCCCNC(=O)c1cccc(-c2nc(C)c(C)s2)c1. The van der Waals surface area contributed by atoms with Gasteiger partial charge in [-0.2, -0.15) is 11.8 Å². The molecule has 0 unspecified atom stereocenters. The first-order valence-corrected chi connectivity index (χ1v) is 9.14. The van der Waals surface area contributed by atoms with Crippen LogP contribution in [-0.4, -0.2) is 29.4 Å². The fraction of sp³-hybridized carbons (Fsp3) is 0.375. The highest BCUT2D eigenvalue weighted by Gasteiger charge is 2.10. The maximum Gasteiger partial charge on any atom is 0.251 e. The molecule has 0 atom stereocenters. The molecule has 3 nitrogen and oxygen atoms in total. The summed E-state index contributed by atoms with van der Waals surface area (Å²) in [6.45, 7) is 4.80. The van der Waals surface area contributed by atoms with Gasteiger partial charge in [-0.05, 0) is 44.4 Å². The van der Waals surface area contributed by atoms with Crippen molar-refractivity contribution >= 4 is 29.0 Å². The van der Waals surface area contributed by atoms with Crippen molar-refractivity contribution in [2.45, 2.75) is 20.3 Å². The molecule has 1 aromatic carbocycles. The first-order valence-electron chi connectivity index (χ1n) is 6.93. The molecule has 0 spiro atoms. The van der Waals surface area contributed by atoms with Crippen LogP contribution in [0.5, 0.6) is 0 Å². The minimum absolute atomic E-state index is 0.0112. The topological polar surface area (TPSA) is 42.0 Å². The van der Waals surface area contributed by atoms with Crippen LogP contribution in [0, 0.1) is 13.8 Å².